The Morgan fingerprint density at radius 3 is 2.75 bits per heavy atom. The largest absolute Gasteiger partial charge is 0.311 e. The van der Waals surface area contributed by atoms with Crippen LogP contribution in [0.1, 0.15) is 31.2 Å². The van der Waals surface area contributed by atoms with E-state index in [-0.39, 0.29) is 0 Å². The van der Waals surface area contributed by atoms with Crippen molar-refractivity contribution in [1.29, 1.82) is 0 Å². The Hall–Kier alpha value is -0.900. The second-order valence-corrected chi connectivity index (χ2v) is 7.35. The standard InChI is InChI=1S/C17H22N2S/c1-19(15-8-13-6-7-14(9-15)18-13)10-12-11-20-17-5-3-2-4-16(12)17/h2-5,11,13-15,18H,6-10H2,1H3. The first-order chi connectivity index (χ1) is 9.79. The molecule has 4 rings (SSSR count). The van der Waals surface area contributed by atoms with Gasteiger partial charge in [0.1, 0.15) is 0 Å². The van der Waals surface area contributed by atoms with Gasteiger partial charge < -0.3 is 5.32 Å². The molecule has 3 heteroatoms. The number of thiophene rings is 1. The zero-order valence-electron chi connectivity index (χ0n) is 12.0. The summed E-state index contributed by atoms with van der Waals surface area (Å²) in [4.78, 5) is 2.58. The molecular weight excluding hydrogens is 264 g/mol. The topological polar surface area (TPSA) is 15.3 Å². The highest BCUT2D eigenvalue weighted by atomic mass is 32.1. The van der Waals surface area contributed by atoms with Gasteiger partial charge in [0.05, 0.1) is 0 Å². The van der Waals surface area contributed by atoms with Crippen LogP contribution >= 0.6 is 11.3 Å². The van der Waals surface area contributed by atoms with Crippen molar-refractivity contribution in [3.63, 3.8) is 0 Å². The first-order valence-electron chi connectivity index (χ1n) is 7.71. The Balaban J connectivity index is 1.51. The summed E-state index contributed by atoms with van der Waals surface area (Å²) in [5, 5.41) is 7.53. The number of fused-ring (bicyclic) bond motifs is 3. The molecule has 0 spiro atoms. The second-order valence-electron chi connectivity index (χ2n) is 6.44. The Morgan fingerprint density at radius 1 is 1.20 bits per heavy atom. The minimum Gasteiger partial charge on any atom is -0.311 e. The molecule has 2 saturated heterocycles. The highest BCUT2D eigenvalue weighted by Crippen LogP contribution is 2.31. The van der Waals surface area contributed by atoms with E-state index >= 15 is 0 Å². The second kappa shape index (κ2) is 5.14. The zero-order chi connectivity index (χ0) is 13.5. The molecule has 1 N–H and O–H groups in total. The molecule has 0 saturated carbocycles. The molecule has 1 aromatic carbocycles. The van der Waals surface area contributed by atoms with Gasteiger partial charge in [-0.2, -0.15) is 0 Å². The summed E-state index contributed by atoms with van der Waals surface area (Å²) < 4.78 is 1.42. The van der Waals surface area contributed by atoms with Gasteiger partial charge in [-0.05, 0) is 55.1 Å². The predicted octanol–water partition coefficient (Wildman–Crippen LogP) is 3.62. The van der Waals surface area contributed by atoms with Gasteiger partial charge in [0.15, 0.2) is 0 Å². The number of hydrogen-bond donors (Lipinski definition) is 1. The first kappa shape index (κ1) is 12.8. The molecule has 106 valence electrons. The van der Waals surface area contributed by atoms with E-state index in [0.29, 0.717) is 0 Å². The van der Waals surface area contributed by atoms with Crippen LogP contribution in [-0.4, -0.2) is 30.1 Å². The number of rotatable bonds is 3. The van der Waals surface area contributed by atoms with Gasteiger partial charge in [-0.25, -0.2) is 0 Å². The molecular formula is C17H22N2S. The normalized spacial score (nSPS) is 29.4. The fourth-order valence-electron chi connectivity index (χ4n) is 3.94. The third-order valence-corrected chi connectivity index (χ3v) is 6.06. The van der Waals surface area contributed by atoms with Crippen molar-refractivity contribution < 1.29 is 0 Å². The molecule has 2 atom stereocenters. The lowest BCUT2D eigenvalue weighted by molar-refractivity contribution is 0.166. The Kier molecular flexibility index (Phi) is 3.29. The fourth-order valence-corrected chi connectivity index (χ4v) is 4.89. The average molecular weight is 286 g/mol. The van der Waals surface area contributed by atoms with E-state index < -0.39 is 0 Å². The molecule has 20 heavy (non-hydrogen) atoms. The van der Waals surface area contributed by atoms with E-state index in [1.165, 1.54) is 41.3 Å². The molecule has 1 aromatic heterocycles. The average Bonchev–Trinajstić information content (AvgIpc) is 3.03. The van der Waals surface area contributed by atoms with Crippen molar-refractivity contribution in [3.8, 4) is 0 Å². The van der Waals surface area contributed by atoms with Gasteiger partial charge in [-0.15, -0.1) is 11.3 Å². The smallest absolute Gasteiger partial charge is 0.0346 e. The van der Waals surface area contributed by atoms with Crippen LogP contribution < -0.4 is 5.32 Å². The van der Waals surface area contributed by atoms with Crippen molar-refractivity contribution in [2.45, 2.75) is 50.4 Å². The van der Waals surface area contributed by atoms with Gasteiger partial charge in [-0.1, -0.05) is 18.2 Å². The summed E-state index contributed by atoms with van der Waals surface area (Å²) >= 11 is 1.88. The maximum Gasteiger partial charge on any atom is 0.0346 e. The van der Waals surface area contributed by atoms with Crippen LogP contribution in [-0.2, 0) is 6.54 Å². The van der Waals surface area contributed by atoms with Crippen LogP contribution in [0.2, 0.25) is 0 Å². The number of nitrogens with zero attached hydrogens (tertiary/aromatic N) is 1. The van der Waals surface area contributed by atoms with Crippen LogP contribution in [0.4, 0.5) is 0 Å². The molecule has 2 unspecified atom stereocenters. The third-order valence-electron chi connectivity index (χ3n) is 5.05. The minimum atomic E-state index is 0.757. The van der Waals surface area contributed by atoms with E-state index in [1.807, 2.05) is 11.3 Å². The molecule has 0 aliphatic carbocycles. The number of piperidine rings is 1. The highest BCUT2D eigenvalue weighted by molar-refractivity contribution is 7.17. The third kappa shape index (κ3) is 2.28. The molecule has 2 aromatic rings. The summed E-state index contributed by atoms with van der Waals surface area (Å²) in [6.45, 7) is 1.09. The first-order valence-corrected chi connectivity index (χ1v) is 8.59. The van der Waals surface area contributed by atoms with Gasteiger partial charge in [0.25, 0.3) is 0 Å². The highest BCUT2D eigenvalue weighted by Gasteiger charge is 2.35. The van der Waals surface area contributed by atoms with Gasteiger partial charge in [-0.3, -0.25) is 4.90 Å². The van der Waals surface area contributed by atoms with Crippen LogP contribution in [0.25, 0.3) is 10.1 Å². The zero-order valence-corrected chi connectivity index (χ0v) is 12.8. The Morgan fingerprint density at radius 2 is 1.95 bits per heavy atom. The number of benzene rings is 1. The van der Waals surface area contributed by atoms with Crippen LogP contribution in [0.5, 0.6) is 0 Å². The lowest BCUT2D eigenvalue weighted by atomic mass is 9.98. The molecule has 2 aliphatic rings. The molecule has 2 fully saturated rings. The van der Waals surface area contributed by atoms with Crippen molar-refractivity contribution in [1.82, 2.24) is 10.2 Å². The molecule has 0 radical (unpaired) electrons. The lowest BCUT2D eigenvalue weighted by Gasteiger charge is -2.35. The number of nitrogens with one attached hydrogen (secondary N) is 1. The summed E-state index contributed by atoms with van der Waals surface area (Å²) in [6.07, 6.45) is 5.43. The summed E-state index contributed by atoms with van der Waals surface area (Å²) in [5.41, 5.74) is 1.50. The van der Waals surface area contributed by atoms with Gasteiger partial charge in [0, 0.05) is 29.4 Å². The van der Waals surface area contributed by atoms with Crippen molar-refractivity contribution >= 4 is 21.4 Å². The van der Waals surface area contributed by atoms with E-state index in [2.05, 4.69) is 46.9 Å². The SMILES string of the molecule is CN(Cc1csc2ccccc12)C1CC2CCC(C1)N2. The summed E-state index contributed by atoms with van der Waals surface area (Å²) in [7, 11) is 2.31. The maximum atomic E-state index is 3.74. The van der Waals surface area contributed by atoms with Crippen LogP contribution in [0.3, 0.4) is 0 Å². The quantitative estimate of drug-likeness (QED) is 0.927. The summed E-state index contributed by atoms with van der Waals surface area (Å²) in [6, 6.07) is 11.1. The van der Waals surface area contributed by atoms with Gasteiger partial charge in [0.2, 0.25) is 0 Å². The van der Waals surface area contributed by atoms with Crippen molar-refractivity contribution in [3.05, 3.63) is 35.2 Å². The maximum absolute atomic E-state index is 3.74. The molecule has 2 aliphatic heterocycles. The minimum absolute atomic E-state index is 0.757. The van der Waals surface area contributed by atoms with E-state index in [0.717, 1.165) is 24.7 Å². The van der Waals surface area contributed by atoms with Crippen molar-refractivity contribution in [2.24, 2.45) is 0 Å². The molecule has 3 heterocycles. The Bertz CT molecular complexity index is 594. The van der Waals surface area contributed by atoms with E-state index in [9.17, 15) is 0 Å². The monoisotopic (exact) mass is 286 g/mol. The lowest BCUT2D eigenvalue weighted by Crippen LogP contribution is -2.46. The Labute approximate surface area is 124 Å². The molecule has 2 nitrogen and oxygen atoms in total. The van der Waals surface area contributed by atoms with E-state index in [4.69, 9.17) is 0 Å². The summed E-state index contributed by atoms with van der Waals surface area (Å²) in [5.74, 6) is 0. The van der Waals surface area contributed by atoms with Crippen LogP contribution in [0.15, 0.2) is 29.6 Å². The van der Waals surface area contributed by atoms with Gasteiger partial charge >= 0.3 is 0 Å². The van der Waals surface area contributed by atoms with Crippen molar-refractivity contribution in [2.75, 3.05) is 7.05 Å². The number of hydrogen-bond acceptors (Lipinski definition) is 3. The molecule has 0 amide bonds. The molecule has 2 bridgehead atoms. The fraction of sp³-hybridized carbons (Fsp3) is 0.529. The predicted molar refractivity (Wildman–Crippen MR) is 86.3 cm³/mol. The van der Waals surface area contributed by atoms with Crippen LogP contribution in [0, 0.1) is 0 Å². The van der Waals surface area contributed by atoms with E-state index in [1.54, 1.807) is 0 Å².